The fourth-order valence-corrected chi connectivity index (χ4v) is 4.58. The summed E-state index contributed by atoms with van der Waals surface area (Å²) in [6.07, 6.45) is 1.50. The minimum atomic E-state index is -3.93. The van der Waals surface area contributed by atoms with Crippen LogP contribution in [0, 0.1) is 11.3 Å². The molecule has 0 aliphatic carbocycles. The topological polar surface area (TPSA) is 108 Å². The lowest BCUT2D eigenvalue weighted by Crippen LogP contribution is -2.32. The van der Waals surface area contributed by atoms with E-state index in [1.807, 2.05) is 6.07 Å². The predicted molar refractivity (Wildman–Crippen MR) is 110 cm³/mol. The highest BCUT2D eigenvalue weighted by Crippen LogP contribution is 2.25. The normalized spacial score (nSPS) is 16.4. The number of nitriles is 1. The summed E-state index contributed by atoms with van der Waals surface area (Å²) in [7, 11) is -3.93. The van der Waals surface area contributed by atoms with Gasteiger partial charge in [0.1, 0.15) is 11.0 Å². The van der Waals surface area contributed by atoms with Crippen molar-refractivity contribution in [1.29, 1.82) is 5.26 Å². The summed E-state index contributed by atoms with van der Waals surface area (Å²) >= 11 is 11.9. The molecular weight excluding hydrogens is 437 g/mol. The molecular formula is C19H17Cl2N3O4S. The molecule has 1 saturated heterocycles. The molecule has 0 radical (unpaired) electrons. The van der Waals surface area contributed by atoms with Gasteiger partial charge in [-0.3, -0.25) is 4.79 Å². The molecule has 29 heavy (non-hydrogen) atoms. The van der Waals surface area contributed by atoms with Crippen molar-refractivity contribution >= 4 is 44.8 Å². The molecule has 1 aliphatic rings. The van der Waals surface area contributed by atoms with Crippen molar-refractivity contribution in [2.45, 2.75) is 23.8 Å². The number of ether oxygens (including phenoxy) is 1. The van der Waals surface area contributed by atoms with Gasteiger partial charge in [0.15, 0.2) is 0 Å². The maximum Gasteiger partial charge on any atom is 0.255 e. The summed E-state index contributed by atoms with van der Waals surface area (Å²) in [5.74, 6) is -0.552. The Bertz CT molecular complexity index is 1080. The zero-order valence-electron chi connectivity index (χ0n) is 15.1. The molecule has 152 valence electrons. The monoisotopic (exact) mass is 453 g/mol. The number of amides is 1. The van der Waals surface area contributed by atoms with Crippen molar-refractivity contribution in [2.75, 3.05) is 18.5 Å². The number of sulfonamides is 1. The average molecular weight is 454 g/mol. The molecule has 1 unspecified atom stereocenters. The highest BCUT2D eigenvalue weighted by molar-refractivity contribution is 7.89. The molecule has 10 heteroatoms. The van der Waals surface area contributed by atoms with Gasteiger partial charge in [-0.2, -0.15) is 5.26 Å². The number of benzene rings is 2. The van der Waals surface area contributed by atoms with E-state index in [2.05, 4.69) is 10.0 Å². The Kier molecular flexibility index (Phi) is 6.77. The Labute approximate surface area is 178 Å². The molecule has 1 heterocycles. The number of nitrogens with one attached hydrogen (secondary N) is 2. The van der Waals surface area contributed by atoms with Crippen LogP contribution in [0.3, 0.4) is 0 Å². The van der Waals surface area contributed by atoms with Crippen LogP contribution in [0.25, 0.3) is 0 Å². The van der Waals surface area contributed by atoms with Crippen LogP contribution >= 0.6 is 23.2 Å². The van der Waals surface area contributed by atoms with E-state index in [9.17, 15) is 13.2 Å². The van der Waals surface area contributed by atoms with E-state index in [4.69, 9.17) is 33.2 Å². The van der Waals surface area contributed by atoms with Gasteiger partial charge in [-0.15, -0.1) is 0 Å². The van der Waals surface area contributed by atoms with Gasteiger partial charge in [0, 0.05) is 24.4 Å². The Morgan fingerprint density at radius 2 is 1.97 bits per heavy atom. The minimum absolute atomic E-state index is 0.000324. The molecule has 0 saturated carbocycles. The number of hydrogen-bond donors (Lipinski definition) is 2. The number of hydrogen-bond acceptors (Lipinski definition) is 5. The lowest BCUT2D eigenvalue weighted by atomic mass is 10.2. The van der Waals surface area contributed by atoms with Gasteiger partial charge in [-0.25, -0.2) is 13.1 Å². The highest BCUT2D eigenvalue weighted by Gasteiger charge is 2.23. The third kappa shape index (κ3) is 5.26. The number of halogens is 2. The van der Waals surface area contributed by atoms with Crippen LogP contribution < -0.4 is 10.0 Å². The number of carbonyl (C=O) groups excluding carboxylic acids is 1. The molecule has 3 rings (SSSR count). The lowest BCUT2D eigenvalue weighted by Gasteiger charge is -2.13. The Balaban J connectivity index is 1.78. The molecule has 2 aromatic carbocycles. The van der Waals surface area contributed by atoms with Gasteiger partial charge in [-0.05, 0) is 49.2 Å². The van der Waals surface area contributed by atoms with Gasteiger partial charge < -0.3 is 10.1 Å². The van der Waals surface area contributed by atoms with E-state index in [1.54, 1.807) is 0 Å². The fraction of sp³-hybridized carbons (Fsp3) is 0.263. The van der Waals surface area contributed by atoms with E-state index in [1.165, 1.54) is 36.4 Å². The van der Waals surface area contributed by atoms with E-state index in [-0.39, 0.29) is 38.7 Å². The summed E-state index contributed by atoms with van der Waals surface area (Å²) in [5, 5.41) is 11.9. The minimum Gasteiger partial charge on any atom is -0.377 e. The first kappa shape index (κ1) is 21.6. The van der Waals surface area contributed by atoms with Crippen LogP contribution in [0.5, 0.6) is 0 Å². The van der Waals surface area contributed by atoms with Crippen molar-refractivity contribution in [3.8, 4) is 6.07 Å². The summed E-state index contributed by atoms with van der Waals surface area (Å²) in [6, 6.07) is 10.3. The molecule has 1 aliphatic heterocycles. The Morgan fingerprint density at radius 3 is 2.66 bits per heavy atom. The molecule has 1 amide bonds. The van der Waals surface area contributed by atoms with Crippen LogP contribution in [0.4, 0.5) is 5.69 Å². The first-order chi connectivity index (χ1) is 13.8. The zero-order valence-corrected chi connectivity index (χ0v) is 17.4. The van der Waals surface area contributed by atoms with E-state index >= 15 is 0 Å². The van der Waals surface area contributed by atoms with E-state index < -0.39 is 15.9 Å². The summed E-state index contributed by atoms with van der Waals surface area (Å²) in [5.41, 5.74) is 0.661. The lowest BCUT2D eigenvalue weighted by molar-refractivity contribution is 0.102. The average Bonchev–Trinajstić information content (AvgIpc) is 3.22. The summed E-state index contributed by atoms with van der Waals surface area (Å²) < 4.78 is 33.1. The standard InChI is InChI=1S/C19H17Cl2N3O4S/c20-16-6-4-14(8-13(16)10-22)24-19(25)12-3-5-17(21)18(9-12)29(26,27)23-11-15-2-1-7-28-15/h3-6,8-9,15,23H,1-2,7,11H2,(H,24,25). The van der Waals surface area contributed by atoms with Crippen LogP contribution in [0.1, 0.15) is 28.8 Å². The fourth-order valence-electron chi connectivity index (χ4n) is 2.83. The SMILES string of the molecule is N#Cc1cc(NC(=O)c2ccc(Cl)c(S(=O)(=O)NCC3CCCO3)c2)ccc1Cl. The summed E-state index contributed by atoms with van der Waals surface area (Å²) in [6.45, 7) is 0.748. The second-order valence-electron chi connectivity index (χ2n) is 6.39. The van der Waals surface area contributed by atoms with Gasteiger partial charge in [-0.1, -0.05) is 23.2 Å². The summed E-state index contributed by atoms with van der Waals surface area (Å²) in [4.78, 5) is 12.4. The van der Waals surface area contributed by atoms with Gasteiger partial charge >= 0.3 is 0 Å². The smallest absolute Gasteiger partial charge is 0.255 e. The van der Waals surface area contributed by atoms with Gasteiger partial charge in [0.2, 0.25) is 10.0 Å². The zero-order chi connectivity index (χ0) is 21.0. The van der Waals surface area contributed by atoms with Crippen molar-refractivity contribution in [1.82, 2.24) is 4.72 Å². The molecule has 2 N–H and O–H groups in total. The molecule has 1 atom stereocenters. The van der Waals surface area contributed by atoms with Gasteiger partial charge in [0.05, 0.1) is 21.7 Å². The van der Waals surface area contributed by atoms with Crippen LogP contribution in [0.2, 0.25) is 10.0 Å². The number of rotatable bonds is 6. The van der Waals surface area contributed by atoms with Crippen LogP contribution in [-0.2, 0) is 14.8 Å². The van der Waals surface area contributed by atoms with Crippen molar-refractivity contribution in [3.63, 3.8) is 0 Å². The van der Waals surface area contributed by atoms with Crippen molar-refractivity contribution in [2.24, 2.45) is 0 Å². The maximum atomic E-state index is 12.6. The molecule has 2 aromatic rings. The van der Waals surface area contributed by atoms with Crippen LogP contribution in [-0.4, -0.2) is 33.6 Å². The number of anilines is 1. The van der Waals surface area contributed by atoms with E-state index in [0.29, 0.717) is 12.3 Å². The quantitative estimate of drug-likeness (QED) is 0.694. The third-order valence-corrected chi connectivity index (χ3v) is 6.59. The Morgan fingerprint density at radius 1 is 1.21 bits per heavy atom. The third-order valence-electron chi connectivity index (χ3n) is 4.35. The Hall–Kier alpha value is -2.15. The highest BCUT2D eigenvalue weighted by atomic mass is 35.5. The van der Waals surface area contributed by atoms with Gasteiger partial charge in [0.25, 0.3) is 5.91 Å². The number of nitrogens with zero attached hydrogens (tertiary/aromatic N) is 1. The second-order valence-corrected chi connectivity index (χ2v) is 8.94. The number of carbonyl (C=O) groups is 1. The first-order valence-corrected chi connectivity index (χ1v) is 11.0. The van der Waals surface area contributed by atoms with E-state index in [0.717, 1.165) is 12.8 Å². The van der Waals surface area contributed by atoms with Crippen LogP contribution in [0.15, 0.2) is 41.3 Å². The first-order valence-electron chi connectivity index (χ1n) is 8.72. The molecule has 0 aromatic heterocycles. The maximum absolute atomic E-state index is 12.6. The largest absolute Gasteiger partial charge is 0.377 e. The molecule has 0 spiro atoms. The molecule has 1 fully saturated rings. The second kappa shape index (κ2) is 9.11. The molecule has 0 bridgehead atoms. The molecule has 7 nitrogen and oxygen atoms in total. The van der Waals surface area contributed by atoms with Crippen molar-refractivity contribution < 1.29 is 17.9 Å². The van der Waals surface area contributed by atoms with Crippen molar-refractivity contribution in [3.05, 3.63) is 57.6 Å². The predicted octanol–water partition coefficient (Wildman–Crippen LogP) is 3.57.